The molecule has 2 fully saturated rings. The van der Waals surface area contributed by atoms with Crippen LogP contribution < -0.4 is 0 Å². The average molecular weight is 300 g/mol. The number of methoxy groups -OCH3 is 1. The molecule has 1 amide bonds. The highest BCUT2D eigenvalue weighted by Gasteiger charge is 2.46. The van der Waals surface area contributed by atoms with E-state index in [-0.39, 0.29) is 17.6 Å². The molecule has 2 aliphatic rings. The summed E-state index contributed by atoms with van der Waals surface area (Å²) in [6.45, 7) is 2.05. The lowest BCUT2D eigenvalue weighted by molar-refractivity contribution is 0.00702. The van der Waals surface area contributed by atoms with Gasteiger partial charge in [-0.2, -0.15) is 0 Å². The number of fused-ring (bicyclic) bond motifs is 1. The predicted octanol–water partition coefficient (Wildman–Crippen LogP) is 2.19. The summed E-state index contributed by atoms with van der Waals surface area (Å²) >= 11 is 0. The molecule has 5 heteroatoms. The van der Waals surface area contributed by atoms with Gasteiger partial charge in [0.2, 0.25) is 0 Å². The Morgan fingerprint density at radius 1 is 1.45 bits per heavy atom. The first kappa shape index (κ1) is 13.8. The highest BCUT2D eigenvalue weighted by Crippen LogP contribution is 2.36. The van der Waals surface area contributed by atoms with E-state index in [1.807, 2.05) is 35.4 Å². The van der Waals surface area contributed by atoms with E-state index in [9.17, 15) is 4.79 Å². The van der Waals surface area contributed by atoms with Gasteiger partial charge in [0.1, 0.15) is 0 Å². The van der Waals surface area contributed by atoms with E-state index >= 15 is 0 Å². The zero-order valence-corrected chi connectivity index (χ0v) is 12.7. The van der Waals surface area contributed by atoms with E-state index in [2.05, 4.69) is 4.98 Å². The van der Waals surface area contributed by atoms with Gasteiger partial charge in [-0.15, -0.1) is 0 Å². The minimum Gasteiger partial charge on any atom is -0.379 e. The third-order valence-electron chi connectivity index (χ3n) is 4.91. The van der Waals surface area contributed by atoms with Crippen LogP contribution in [0.1, 0.15) is 23.2 Å². The summed E-state index contributed by atoms with van der Waals surface area (Å²) in [7, 11) is 1.72. The normalized spacial score (nSPS) is 28.0. The zero-order chi connectivity index (χ0) is 15.2. The molecule has 116 valence electrons. The molecular weight excluding hydrogens is 280 g/mol. The van der Waals surface area contributed by atoms with Gasteiger partial charge in [-0.05, 0) is 30.7 Å². The Hall–Kier alpha value is -1.85. The summed E-state index contributed by atoms with van der Waals surface area (Å²) in [5, 5.41) is 1.07. The summed E-state index contributed by atoms with van der Waals surface area (Å²) < 4.78 is 11.3. The van der Waals surface area contributed by atoms with Crippen LogP contribution in [0.15, 0.2) is 30.5 Å². The maximum atomic E-state index is 12.7. The fraction of sp³-hybridized carbons (Fsp3) is 0.471. The van der Waals surface area contributed by atoms with Crippen LogP contribution >= 0.6 is 0 Å². The number of carbonyl (C=O) groups excluding carboxylic acids is 1. The van der Waals surface area contributed by atoms with Crippen LogP contribution in [0.5, 0.6) is 0 Å². The van der Waals surface area contributed by atoms with E-state index < -0.39 is 0 Å². The molecule has 2 aliphatic heterocycles. The van der Waals surface area contributed by atoms with Crippen molar-refractivity contribution in [2.75, 3.05) is 26.8 Å². The van der Waals surface area contributed by atoms with Crippen LogP contribution in [0.4, 0.5) is 0 Å². The number of rotatable bonds is 2. The van der Waals surface area contributed by atoms with Crippen LogP contribution in [0.2, 0.25) is 0 Å². The molecule has 2 aromatic rings. The Morgan fingerprint density at radius 3 is 3.18 bits per heavy atom. The Morgan fingerprint density at radius 2 is 2.36 bits per heavy atom. The van der Waals surface area contributed by atoms with Crippen molar-refractivity contribution < 1.29 is 14.3 Å². The van der Waals surface area contributed by atoms with Gasteiger partial charge >= 0.3 is 0 Å². The number of aromatic amines is 1. The largest absolute Gasteiger partial charge is 0.379 e. The molecule has 3 heterocycles. The fourth-order valence-electron chi connectivity index (χ4n) is 3.63. The molecule has 2 atom stereocenters. The van der Waals surface area contributed by atoms with Crippen LogP contribution in [-0.4, -0.2) is 54.3 Å². The minimum atomic E-state index is -0.200. The van der Waals surface area contributed by atoms with Gasteiger partial charge in [0, 0.05) is 42.7 Å². The SMILES string of the molecule is COC1COC2(CCN(C(=O)c3ccc4[nH]ccc4c3)C2)C1. The molecule has 2 unspecified atom stereocenters. The number of hydrogen-bond acceptors (Lipinski definition) is 3. The van der Waals surface area contributed by atoms with Crippen LogP contribution in [0, 0.1) is 0 Å². The number of nitrogens with one attached hydrogen (secondary N) is 1. The van der Waals surface area contributed by atoms with Crippen molar-refractivity contribution in [2.24, 2.45) is 0 Å². The van der Waals surface area contributed by atoms with Crippen molar-refractivity contribution in [1.82, 2.24) is 9.88 Å². The molecule has 5 nitrogen and oxygen atoms in total. The van der Waals surface area contributed by atoms with Gasteiger partial charge in [0.15, 0.2) is 0 Å². The van der Waals surface area contributed by atoms with Crippen LogP contribution in [0.3, 0.4) is 0 Å². The predicted molar refractivity (Wildman–Crippen MR) is 82.9 cm³/mol. The fourth-order valence-corrected chi connectivity index (χ4v) is 3.63. The van der Waals surface area contributed by atoms with Crippen LogP contribution in [-0.2, 0) is 9.47 Å². The van der Waals surface area contributed by atoms with E-state index in [1.54, 1.807) is 7.11 Å². The molecule has 1 aromatic heterocycles. The summed E-state index contributed by atoms with van der Waals surface area (Å²) in [5.74, 6) is 0.0874. The van der Waals surface area contributed by atoms with Gasteiger partial charge in [0.25, 0.3) is 5.91 Å². The van der Waals surface area contributed by atoms with E-state index in [4.69, 9.17) is 9.47 Å². The number of amides is 1. The first-order valence-electron chi connectivity index (χ1n) is 7.72. The molecule has 1 N–H and O–H groups in total. The molecule has 1 aromatic carbocycles. The number of hydrogen-bond donors (Lipinski definition) is 1. The summed E-state index contributed by atoms with van der Waals surface area (Å²) in [6, 6.07) is 7.79. The Kier molecular flexibility index (Phi) is 3.20. The summed E-state index contributed by atoms with van der Waals surface area (Å²) in [6.07, 6.45) is 3.82. The summed E-state index contributed by atoms with van der Waals surface area (Å²) in [5.41, 5.74) is 1.59. The maximum Gasteiger partial charge on any atom is 0.253 e. The van der Waals surface area contributed by atoms with E-state index in [0.29, 0.717) is 13.2 Å². The van der Waals surface area contributed by atoms with Gasteiger partial charge in [0.05, 0.1) is 24.9 Å². The van der Waals surface area contributed by atoms with Crippen LogP contribution in [0.25, 0.3) is 10.9 Å². The van der Waals surface area contributed by atoms with Crippen molar-refractivity contribution in [1.29, 1.82) is 0 Å². The van der Waals surface area contributed by atoms with Gasteiger partial charge in [-0.3, -0.25) is 4.79 Å². The number of carbonyl (C=O) groups is 1. The molecule has 2 saturated heterocycles. The first-order chi connectivity index (χ1) is 10.7. The number of nitrogens with zero attached hydrogens (tertiary/aromatic N) is 1. The minimum absolute atomic E-state index is 0.0874. The molecule has 4 rings (SSSR count). The zero-order valence-electron chi connectivity index (χ0n) is 12.7. The quantitative estimate of drug-likeness (QED) is 0.925. The second kappa shape index (κ2) is 5.11. The molecule has 0 aliphatic carbocycles. The third kappa shape index (κ3) is 2.21. The number of aromatic nitrogens is 1. The number of benzene rings is 1. The summed E-state index contributed by atoms with van der Waals surface area (Å²) in [4.78, 5) is 17.8. The highest BCUT2D eigenvalue weighted by atomic mass is 16.6. The van der Waals surface area contributed by atoms with Gasteiger partial charge in [-0.1, -0.05) is 0 Å². The Bertz CT molecular complexity index is 711. The second-order valence-corrected chi connectivity index (χ2v) is 6.31. The third-order valence-corrected chi connectivity index (χ3v) is 4.91. The Balaban J connectivity index is 1.51. The lowest BCUT2D eigenvalue weighted by Crippen LogP contribution is -2.36. The standard InChI is InChI=1S/C17H20N2O3/c1-21-14-9-17(22-10-14)5-7-19(11-17)16(20)13-2-3-15-12(8-13)4-6-18-15/h2-4,6,8,14,18H,5,7,9-11H2,1H3. The lowest BCUT2D eigenvalue weighted by Gasteiger charge is -2.23. The molecule has 0 bridgehead atoms. The molecule has 0 radical (unpaired) electrons. The smallest absolute Gasteiger partial charge is 0.253 e. The molecular formula is C17H20N2O3. The monoisotopic (exact) mass is 300 g/mol. The topological polar surface area (TPSA) is 54.6 Å². The molecule has 0 saturated carbocycles. The van der Waals surface area contributed by atoms with Crippen molar-refractivity contribution in [3.8, 4) is 0 Å². The van der Waals surface area contributed by atoms with Crippen molar-refractivity contribution in [3.05, 3.63) is 36.0 Å². The van der Waals surface area contributed by atoms with Gasteiger partial charge < -0.3 is 19.4 Å². The molecule has 22 heavy (non-hydrogen) atoms. The molecule has 1 spiro atoms. The Labute approximate surface area is 129 Å². The van der Waals surface area contributed by atoms with Crippen molar-refractivity contribution in [2.45, 2.75) is 24.5 Å². The lowest BCUT2D eigenvalue weighted by atomic mass is 9.98. The number of ether oxygens (including phenoxy) is 2. The van der Waals surface area contributed by atoms with Crippen molar-refractivity contribution in [3.63, 3.8) is 0 Å². The maximum absolute atomic E-state index is 12.7. The van der Waals surface area contributed by atoms with Crippen molar-refractivity contribution >= 4 is 16.8 Å². The van der Waals surface area contributed by atoms with E-state index in [0.717, 1.165) is 35.9 Å². The number of likely N-dealkylation sites (tertiary alicyclic amines) is 1. The highest BCUT2D eigenvalue weighted by molar-refractivity contribution is 5.98. The average Bonchev–Trinajstić information content (AvgIpc) is 3.26. The van der Waals surface area contributed by atoms with E-state index in [1.165, 1.54) is 0 Å². The first-order valence-corrected chi connectivity index (χ1v) is 7.72. The second-order valence-electron chi connectivity index (χ2n) is 6.31. The van der Waals surface area contributed by atoms with Gasteiger partial charge in [-0.25, -0.2) is 0 Å². The number of H-pyrrole nitrogens is 1.